The molecular formula is C116H167BN2O6S8Sn. The largest absolute Gasteiger partial charge is 0.354 e. The van der Waals surface area contributed by atoms with Crippen LogP contribution in [0.1, 0.15) is 311 Å². The van der Waals surface area contributed by atoms with Gasteiger partial charge in [0, 0.05) is 87.8 Å². The first-order valence-corrected chi connectivity index (χ1v) is 65.3. The molecule has 18 heteroatoms. The molecule has 0 saturated carbocycles. The maximum Gasteiger partial charge on any atom is 0.0497 e. The van der Waals surface area contributed by atoms with Gasteiger partial charge in [0.05, 0.1) is 47.4 Å². The van der Waals surface area contributed by atoms with E-state index in [9.17, 15) is 0 Å². The standard InChI is InChI=1S/C31H29NO2S2.C25H19NS2.C20H27BO4S2.C8H5S2.3C4H9.10C2H6.Sn/c1-31(2)17-33-30(34-18-31)27-16-15-26(36-27)25-14-13-24(35-25)20-11-12-23-28-21(20)9-6-10-22(28)29(32-23)19-7-4-3-5-8-19;1-2-6-16(7-3-1)25-19-9-4-8-17-14-18(15-20(26-25)24(17)19)21-11-12-23(28-21)22-10-5-13-27-22;1-18(2)11-22-17(23-12-18)15-8-7-13(26-15)14-9-10-16(27-14)21-24-19(3,4)20(5,6)25-21;1-3-7(9-5-1)8-4-2-6-10-8;3*1-3-4-2;10*1-2;/h3-5,7-8,11-16,30,32H,6,9-10,17-18H2,1-2H3;1-3,5-7,10-15,26H,4,8-9H2;7-10,17H,11-12H2,1-6H3;1-5H;3*1,3-4H2,2H3;10*1-2H3;. The third kappa shape index (κ3) is 30.4. The minimum atomic E-state index is -2.19. The van der Waals surface area contributed by atoms with Crippen LogP contribution < -0.4 is 7.67 Å². The molecule has 10 aromatic heterocycles. The van der Waals surface area contributed by atoms with Crippen LogP contribution in [0.3, 0.4) is 0 Å². The van der Waals surface area contributed by atoms with Crippen molar-refractivity contribution in [3.63, 3.8) is 0 Å². The summed E-state index contributed by atoms with van der Waals surface area (Å²) < 4.78 is 43.9. The molecule has 0 radical (unpaired) electrons. The van der Waals surface area contributed by atoms with Gasteiger partial charge < -0.3 is 38.2 Å². The molecule has 5 aliphatic rings. The molecule has 0 spiro atoms. The van der Waals surface area contributed by atoms with Crippen LogP contribution in [0.4, 0.5) is 0 Å². The van der Waals surface area contributed by atoms with E-state index in [0.717, 1.165) is 60.2 Å². The van der Waals surface area contributed by atoms with Gasteiger partial charge in [-0.2, -0.15) is 0 Å². The Kier molecular flexibility index (Phi) is 52.1. The Bertz CT molecular complexity index is 5460. The third-order valence-corrected chi connectivity index (χ3v) is 50.8. The second-order valence-corrected chi connectivity index (χ2v) is 56.6. The van der Waals surface area contributed by atoms with E-state index in [0.29, 0.717) is 0 Å². The first kappa shape index (κ1) is 117. The summed E-state index contributed by atoms with van der Waals surface area (Å²) >= 11 is 12.7. The number of rotatable bonds is 21. The van der Waals surface area contributed by atoms with E-state index in [1.807, 2.05) is 187 Å². The van der Waals surface area contributed by atoms with Crippen LogP contribution in [0.15, 0.2) is 193 Å². The predicted octanol–water partition coefficient (Wildman–Crippen LogP) is 39.3. The zero-order valence-electron chi connectivity index (χ0n) is 87.9. The van der Waals surface area contributed by atoms with Gasteiger partial charge in [0.1, 0.15) is 0 Å². The molecule has 2 aliphatic carbocycles. The summed E-state index contributed by atoms with van der Waals surface area (Å²) in [7, 11) is -0.305. The number of H-pyrrole nitrogens is 2. The molecular weight excluding hydrogens is 1900 g/mol. The van der Waals surface area contributed by atoms with Crippen LogP contribution >= 0.6 is 90.7 Å². The number of benzene rings is 4. The number of aromatic nitrogens is 2. The first-order valence-electron chi connectivity index (χ1n) is 51.2. The average molecular weight is 2070 g/mol. The zero-order chi connectivity index (χ0) is 98.8. The maximum absolute atomic E-state index is 6.17. The monoisotopic (exact) mass is 2070 g/mol. The van der Waals surface area contributed by atoms with E-state index in [-0.39, 0.29) is 41.7 Å². The fourth-order valence-corrected chi connectivity index (χ4v) is 43.5. The third-order valence-electron chi connectivity index (χ3n) is 23.4. The number of nitrogens with one attached hydrogen (secondary N) is 2. The molecule has 13 heterocycles. The molecule has 0 amide bonds. The van der Waals surface area contributed by atoms with Gasteiger partial charge in [-0.1, -0.05) is 245 Å². The predicted molar refractivity (Wildman–Crippen MR) is 611 cm³/mol. The van der Waals surface area contributed by atoms with Gasteiger partial charge in [-0.25, -0.2) is 0 Å². The van der Waals surface area contributed by atoms with Crippen LogP contribution in [-0.4, -0.2) is 73.1 Å². The van der Waals surface area contributed by atoms with Crippen molar-refractivity contribution in [1.29, 1.82) is 0 Å². The number of hydrogen-bond acceptors (Lipinski definition) is 14. The Labute approximate surface area is 849 Å². The van der Waals surface area contributed by atoms with Crippen LogP contribution in [0.2, 0.25) is 13.3 Å². The molecule has 8 nitrogen and oxygen atoms in total. The molecule has 19 rings (SSSR count). The van der Waals surface area contributed by atoms with Crippen molar-refractivity contribution in [1.82, 2.24) is 9.97 Å². The van der Waals surface area contributed by atoms with E-state index in [1.165, 1.54) is 184 Å². The van der Waals surface area contributed by atoms with Gasteiger partial charge in [0.25, 0.3) is 0 Å². The van der Waals surface area contributed by atoms with Gasteiger partial charge in [0.15, 0.2) is 12.6 Å². The van der Waals surface area contributed by atoms with Crippen molar-refractivity contribution in [3.8, 4) is 82.4 Å². The van der Waals surface area contributed by atoms with Crippen LogP contribution in [-0.2, 0) is 53.9 Å². The SMILES string of the molecule is CC.CC.CC.CC.CC.CC.CC.CC.CC.CC.CC1(C)COC(c2ccc(-c3ccc(-c4ccc5[nH]c(-c6ccccc6)c6c5c4CCC6)s3)s2)OC1.CC1(C)COC(c2ccc(-c3ccc(B4OC(C)(C)C(C)(C)O4)s3)s2)OC1.CCC[CH2][Sn]([CH2]CCC)([CH2]CCC)[c]1ccc(-c2cccs2)s1.c1ccc(-c2[nH]c3cc(-c4ccc(-c5cccs5)s4)cc4c3c2CCC4)cc1. The fourth-order valence-electron chi connectivity index (χ4n) is 16.5. The van der Waals surface area contributed by atoms with Crippen LogP contribution in [0.5, 0.6) is 0 Å². The summed E-state index contributed by atoms with van der Waals surface area (Å²) in [4.78, 5) is 23.2. The topological polar surface area (TPSA) is 87.0 Å². The average Bonchev–Trinajstić information content (AvgIpc) is 1.58. The van der Waals surface area contributed by atoms with E-state index in [2.05, 4.69) is 290 Å². The summed E-state index contributed by atoms with van der Waals surface area (Å²) in [6.45, 7) is 67.0. The molecule has 732 valence electrons. The molecule has 3 fully saturated rings. The quantitative estimate of drug-likeness (QED) is 0.0697. The molecule has 3 aliphatic heterocycles. The second kappa shape index (κ2) is 59.7. The molecule has 0 bridgehead atoms. The molecule has 134 heavy (non-hydrogen) atoms. The van der Waals surface area contributed by atoms with E-state index >= 15 is 0 Å². The van der Waals surface area contributed by atoms with Crippen molar-refractivity contribution in [3.05, 3.63) is 225 Å². The summed E-state index contributed by atoms with van der Waals surface area (Å²) in [6, 6.07) is 66.6. The normalized spacial score (nSPS) is 14.9. The number of ether oxygens (including phenoxy) is 4. The minimum Gasteiger partial charge on any atom is -0.354 e. The Hall–Kier alpha value is -5.82. The van der Waals surface area contributed by atoms with E-state index in [4.69, 9.17) is 28.3 Å². The van der Waals surface area contributed by atoms with Crippen LogP contribution in [0, 0.1) is 10.8 Å². The number of aromatic amines is 2. The van der Waals surface area contributed by atoms with Crippen molar-refractivity contribution in [2.24, 2.45) is 10.8 Å². The zero-order valence-corrected chi connectivity index (χ0v) is 97.2. The second-order valence-electron chi connectivity index (χ2n) is 33.9. The molecule has 0 unspecified atom stereocenters. The first-order chi connectivity index (χ1) is 65.2. The smallest absolute Gasteiger partial charge is 0.0497 e. The van der Waals surface area contributed by atoms with Gasteiger partial charge in [-0.05, 0) is 195 Å². The Balaban J connectivity index is 0.000000261. The maximum atomic E-state index is 6.17. The number of hydrogen-bond donors (Lipinski definition) is 2. The summed E-state index contributed by atoms with van der Waals surface area (Å²) in [5, 5.41) is 7.26. The van der Waals surface area contributed by atoms with Gasteiger partial charge in [-0.3, -0.25) is 0 Å². The van der Waals surface area contributed by atoms with Crippen molar-refractivity contribution in [2.75, 3.05) is 26.4 Å². The molecule has 2 N–H and O–H groups in total. The van der Waals surface area contributed by atoms with E-state index in [1.54, 1.807) is 47.3 Å². The number of unbranched alkanes of at least 4 members (excludes halogenated alkanes) is 3. The Morgan fingerprint density at radius 3 is 1.20 bits per heavy atom. The molecule has 0 atom stereocenters. The summed E-state index contributed by atoms with van der Waals surface area (Å²) in [5.41, 5.74) is 15.9. The van der Waals surface area contributed by atoms with Crippen molar-refractivity contribution < 1.29 is 28.3 Å². The summed E-state index contributed by atoms with van der Waals surface area (Å²) in [6.07, 6.45) is 15.0. The minimum absolute atomic E-state index is 0.0851. The summed E-state index contributed by atoms with van der Waals surface area (Å²) in [5.74, 6) is 0. The number of thiophene rings is 8. The Morgan fingerprint density at radius 2 is 0.731 bits per heavy atom. The van der Waals surface area contributed by atoms with Gasteiger partial charge >= 0.3 is 163 Å². The molecule has 4 aromatic carbocycles. The molecule has 3 saturated heterocycles. The fraction of sp³-hybridized carbons (Fsp3) is 0.483. The van der Waals surface area contributed by atoms with Crippen molar-refractivity contribution >= 4 is 146 Å². The van der Waals surface area contributed by atoms with Crippen molar-refractivity contribution in [2.45, 2.75) is 329 Å². The van der Waals surface area contributed by atoms with Crippen LogP contribution in [0.25, 0.3) is 104 Å². The number of aryl methyl sites for hydroxylation is 4. The van der Waals surface area contributed by atoms with Gasteiger partial charge in [-0.15, -0.1) is 68.0 Å². The van der Waals surface area contributed by atoms with E-state index < -0.39 is 18.4 Å². The Morgan fingerprint density at radius 1 is 0.343 bits per heavy atom. The van der Waals surface area contributed by atoms with Gasteiger partial charge in [0.2, 0.25) is 0 Å². The molecule has 14 aromatic rings.